The van der Waals surface area contributed by atoms with Crippen LogP contribution >= 0.6 is 0 Å². The third-order valence-electron chi connectivity index (χ3n) is 10.4. The monoisotopic (exact) mass is 906 g/mol. The maximum Gasteiger partial charge on any atom is 2.00 e. The van der Waals surface area contributed by atoms with Crippen LogP contribution in [0.5, 0.6) is 34.5 Å². The van der Waals surface area contributed by atoms with Crippen LogP contribution in [0.2, 0.25) is 0 Å². The summed E-state index contributed by atoms with van der Waals surface area (Å²) in [5.74, 6) is -0.685. The van der Waals surface area contributed by atoms with Crippen molar-refractivity contribution in [2.24, 2.45) is 0 Å². The number of aryl methyl sites for hydroxylation is 2. The van der Waals surface area contributed by atoms with Gasteiger partial charge in [-0.2, -0.15) is 8.42 Å². The molecule has 61 heavy (non-hydrogen) atoms. The molecule has 4 aromatic rings. The van der Waals surface area contributed by atoms with Gasteiger partial charge in [-0.25, -0.2) is 8.42 Å². The van der Waals surface area contributed by atoms with Crippen LogP contribution in [-0.4, -0.2) is 68.8 Å². The number of rotatable bonds is 28. The van der Waals surface area contributed by atoms with Gasteiger partial charge in [-0.15, -0.1) is 0 Å². The van der Waals surface area contributed by atoms with E-state index in [2.05, 4.69) is 13.8 Å². The van der Waals surface area contributed by atoms with Crippen LogP contribution in [0, 0.1) is 0 Å². The molecule has 0 amide bonds. The van der Waals surface area contributed by atoms with E-state index in [1.807, 2.05) is 0 Å². The molecular formula is C48H66CaO10S2. The summed E-state index contributed by atoms with van der Waals surface area (Å²) in [4.78, 5) is -1.04. The van der Waals surface area contributed by atoms with Crippen molar-refractivity contribution in [2.45, 2.75) is 165 Å². The van der Waals surface area contributed by atoms with Gasteiger partial charge in [-0.05, 0) is 67.6 Å². The molecule has 0 aliphatic heterocycles. The van der Waals surface area contributed by atoms with Crippen molar-refractivity contribution in [1.82, 2.24) is 0 Å². The van der Waals surface area contributed by atoms with Crippen molar-refractivity contribution in [3.63, 3.8) is 0 Å². The van der Waals surface area contributed by atoms with Gasteiger partial charge in [0.1, 0.15) is 32.3 Å². The summed E-state index contributed by atoms with van der Waals surface area (Å²) < 4.78 is 78.8. The second kappa shape index (κ2) is 30.3. The standard InChI is InChI=1S/2C24H34O5S.Ca/c2*1-2-3-4-5-6-7-8-9-10-12-15-20-18-19-22(30(26,27)28)24(23(20)25)29-21-16-13-11-14-17-21;/h2*11,13-14,16-19,25H,2-10,12,15H2,1H3,(H,26,27,28);/q;;+2/p-2. The summed E-state index contributed by atoms with van der Waals surface area (Å²) in [6.45, 7) is 4.45. The van der Waals surface area contributed by atoms with E-state index in [-0.39, 0.29) is 49.2 Å². The van der Waals surface area contributed by atoms with Crippen molar-refractivity contribution < 1.29 is 45.6 Å². The number of benzene rings is 4. The number of para-hydroxylation sites is 2. The molecule has 0 saturated carbocycles. The van der Waals surface area contributed by atoms with Gasteiger partial charge >= 0.3 is 37.7 Å². The number of ether oxygens (including phenoxy) is 2. The smallest absolute Gasteiger partial charge is 0.870 e. The molecule has 0 bridgehead atoms. The van der Waals surface area contributed by atoms with E-state index in [0.29, 0.717) is 35.5 Å². The Morgan fingerprint density at radius 1 is 0.492 bits per heavy atom. The zero-order valence-corrected chi connectivity index (χ0v) is 40.2. The summed E-state index contributed by atoms with van der Waals surface area (Å²) in [5.41, 5.74) is 1.10. The Labute approximate surface area is 396 Å². The molecule has 0 aliphatic rings. The number of unbranched alkanes of at least 4 members (excludes halogenated alkanes) is 18. The van der Waals surface area contributed by atoms with Crippen molar-refractivity contribution >= 4 is 58.0 Å². The van der Waals surface area contributed by atoms with Gasteiger partial charge in [0.05, 0.1) is 4.90 Å². The number of phenolic OH excluding ortho intramolecular Hbond substituents is 1. The maximum absolute atomic E-state index is 12.8. The Balaban J connectivity index is 0.000000413. The Kier molecular flexibility index (Phi) is 27.0. The van der Waals surface area contributed by atoms with E-state index >= 15 is 0 Å². The Hall–Kier alpha value is -2.84. The van der Waals surface area contributed by atoms with Gasteiger partial charge in [-0.3, -0.25) is 4.55 Å². The summed E-state index contributed by atoms with van der Waals surface area (Å²) in [5, 5.41) is 23.4. The number of aromatic hydroxyl groups is 1. The summed E-state index contributed by atoms with van der Waals surface area (Å²) in [7, 11) is -9.33. The van der Waals surface area contributed by atoms with Gasteiger partial charge in [-0.1, -0.05) is 189 Å². The van der Waals surface area contributed by atoms with Crippen LogP contribution < -0.4 is 14.6 Å². The molecule has 0 fully saturated rings. The Morgan fingerprint density at radius 3 is 1.26 bits per heavy atom. The summed E-state index contributed by atoms with van der Waals surface area (Å²) in [6, 6.07) is 22.5. The summed E-state index contributed by atoms with van der Waals surface area (Å²) >= 11 is 0. The fourth-order valence-corrected chi connectivity index (χ4v) is 8.20. The SMILES string of the molecule is CCCCCCCCCCCCc1ccc(S(=O)(=O)O)c(Oc2ccccc2)c1O.CCCCCCCCCCCCc1ccc(S(=O)(=O)[O-])c(Oc2ccccc2)c1[O-].[Ca+2]. The van der Waals surface area contributed by atoms with Crippen LogP contribution in [0.25, 0.3) is 0 Å². The fourth-order valence-electron chi connectivity index (χ4n) is 6.99. The largest absolute Gasteiger partial charge is 2.00 e. The minimum atomic E-state index is -4.81. The molecule has 13 heteroatoms. The maximum atomic E-state index is 12.8. The normalized spacial score (nSPS) is 11.3. The molecule has 0 aromatic heterocycles. The first-order chi connectivity index (χ1) is 28.9. The molecule has 0 heterocycles. The second-order valence-corrected chi connectivity index (χ2v) is 18.1. The molecule has 4 rings (SSSR count). The predicted octanol–water partition coefficient (Wildman–Crippen LogP) is 12.4. The minimum Gasteiger partial charge on any atom is -0.870 e. The van der Waals surface area contributed by atoms with E-state index < -0.39 is 41.5 Å². The molecule has 0 radical (unpaired) electrons. The average Bonchev–Trinajstić information content (AvgIpc) is 3.22. The van der Waals surface area contributed by atoms with Crippen molar-refractivity contribution in [3.8, 4) is 34.5 Å². The topological polar surface area (TPSA) is 173 Å². The van der Waals surface area contributed by atoms with E-state index in [4.69, 9.17) is 9.47 Å². The first-order valence-electron chi connectivity index (χ1n) is 21.9. The molecule has 4 aromatic carbocycles. The fraction of sp³-hybridized carbons (Fsp3) is 0.500. The summed E-state index contributed by atoms with van der Waals surface area (Å²) in [6.07, 6.45) is 25.3. The zero-order chi connectivity index (χ0) is 43.6. The molecule has 0 saturated heterocycles. The molecule has 10 nitrogen and oxygen atoms in total. The van der Waals surface area contributed by atoms with Crippen LogP contribution in [0.15, 0.2) is 94.7 Å². The molecule has 0 spiro atoms. The van der Waals surface area contributed by atoms with Gasteiger partial charge in [0.25, 0.3) is 10.1 Å². The average molecular weight is 907 g/mol. The predicted molar refractivity (Wildman–Crippen MR) is 242 cm³/mol. The molecule has 0 unspecified atom stereocenters. The van der Waals surface area contributed by atoms with Crippen molar-refractivity contribution in [3.05, 3.63) is 96.1 Å². The Bertz CT molecular complexity index is 1880. The van der Waals surface area contributed by atoms with E-state index in [1.54, 1.807) is 66.7 Å². The van der Waals surface area contributed by atoms with Gasteiger partial charge in [0, 0.05) is 0 Å². The number of phenols is 1. The quantitative estimate of drug-likeness (QED) is 0.0317. The van der Waals surface area contributed by atoms with E-state index in [9.17, 15) is 36.2 Å². The molecule has 0 aliphatic carbocycles. The van der Waals surface area contributed by atoms with E-state index in [1.165, 1.54) is 108 Å². The first kappa shape index (κ1) is 54.3. The van der Waals surface area contributed by atoms with Crippen LogP contribution in [-0.2, 0) is 33.1 Å². The van der Waals surface area contributed by atoms with Crippen LogP contribution in [0.3, 0.4) is 0 Å². The van der Waals surface area contributed by atoms with Gasteiger partial charge in [0.2, 0.25) is 0 Å². The van der Waals surface area contributed by atoms with E-state index in [0.717, 1.165) is 38.5 Å². The number of hydrogen-bond donors (Lipinski definition) is 2. The molecular weight excluding hydrogens is 841 g/mol. The van der Waals surface area contributed by atoms with Gasteiger partial charge < -0.3 is 24.2 Å². The third kappa shape index (κ3) is 20.9. The molecule has 0 atom stereocenters. The first-order valence-corrected chi connectivity index (χ1v) is 24.8. The van der Waals surface area contributed by atoms with Gasteiger partial charge in [0.15, 0.2) is 11.5 Å². The molecule has 332 valence electrons. The minimum absolute atomic E-state index is 0. The van der Waals surface area contributed by atoms with Crippen molar-refractivity contribution in [1.29, 1.82) is 0 Å². The number of hydrogen-bond acceptors (Lipinski definition) is 9. The van der Waals surface area contributed by atoms with Crippen LogP contribution in [0.1, 0.15) is 153 Å². The molecule has 2 N–H and O–H groups in total. The Morgan fingerprint density at radius 2 is 0.852 bits per heavy atom. The zero-order valence-electron chi connectivity index (χ0n) is 36.3. The third-order valence-corrected chi connectivity index (χ3v) is 12.1. The second-order valence-electron chi connectivity index (χ2n) is 15.4. The van der Waals surface area contributed by atoms with Crippen LogP contribution in [0.4, 0.5) is 0 Å². The van der Waals surface area contributed by atoms with Crippen molar-refractivity contribution in [2.75, 3.05) is 0 Å².